The zero-order valence-electron chi connectivity index (χ0n) is 12.5. The standard InChI is InChI=1S/C15H25N3OS/c1-3-16-12-5-4-6-13-14(12)20-15(17-13)18-8-7-11(9-18)10-19-2/h11-12,16H,3-10H2,1-2H3. The van der Waals surface area contributed by atoms with Crippen molar-refractivity contribution in [2.24, 2.45) is 5.92 Å². The molecule has 0 saturated carbocycles. The molecular weight excluding hydrogens is 270 g/mol. The summed E-state index contributed by atoms with van der Waals surface area (Å²) in [5, 5.41) is 4.84. The summed E-state index contributed by atoms with van der Waals surface area (Å²) in [5.74, 6) is 0.672. The van der Waals surface area contributed by atoms with E-state index in [0.29, 0.717) is 12.0 Å². The maximum Gasteiger partial charge on any atom is 0.185 e. The highest BCUT2D eigenvalue weighted by Gasteiger charge is 2.29. The van der Waals surface area contributed by atoms with Crippen LogP contribution in [0.2, 0.25) is 0 Å². The molecule has 0 amide bonds. The van der Waals surface area contributed by atoms with Crippen LogP contribution in [0.15, 0.2) is 0 Å². The van der Waals surface area contributed by atoms with E-state index in [1.165, 1.54) is 35.0 Å². The molecule has 4 nitrogen and oxygen atoms in total. The van der Waals surface area contributed by atoms with E-state index in [1.54, 1.807) is 7.11 Å². The van der Waals surface area contributed by atoms with Crippen molar-refractivity contribution in [3.63, 3.8) is 0 Å². The van der Waals surface area contributed by atoms with E-state index in [4.69, 9.17) is 9.72 Å². The number of aromatic nitrogens is 1. The van der Waals surface area contributed by atoms with Crippen LogP contribution in [0, 0.1) is 5.92 Å². The Morgan fingerprint density at radius 2 is 2.35 bits per heavy atom. The Morgan fingerprint density at radius 3 is 3.15 bits per heavy atom. The summed E-state index contributed by atoms with van der Waals surface area (Å²) < 4.78 is 5.29. The fourth-order valence-electron chi connectivity index (χ4n) is 3.36. The highest BCUT2D eigenvalue weighted by atomic mass is 32.1. The van der Waals surface area contributed by atoms with Crippen molar-refractivity contribution in [2.45, 2.75) is 38.6 Å². The zero-order chi connectivity index (χ0) is 13.9. The minimum Gasteiger partial charge on any atom is -0.384 e. The minimum atomic E-state index is 0.535. The van der Waals surface area contributed by atoms with Gasteiger partial charge in [0.1, 0.15) is 0 Å². The molecule has 0 aromatic carbocycles. The molecular formula is C15H25N3OS. The van der Waals surface area contributed by atoms with E-state index in [1.807, 2.05) is 11.3 Å². The van der Waals surface area contributed by atoms with Gasteiger partial charge in [-0.15, -0.1) is 0 Å². The number of hydrogen-bond acceptors (Lipinski definition) is 5. The maximum atomic E-state index is 5.29. The maximum absolute atomic E-state index is 5.29. The molecule has 0 radical (unpaired) electrons. The molecule has 1 aliphatic carbocycles. The number of methoxy groups -OCH3 is 1. The van der Waals surface area contributed by atoms with Crippen LogP contribution in [0.5, 0.6) is 0 Å². The monoisotopic (exact) mass is 295 g/mol. The Balaban J connectivity index is 1.73. The molecule has 1 aromatic heterocycles. The second-order valence-corrected chi connectivity index (χ2v) is 6.88. The summed E-state index contributed by atoms with van der Waals surface area (Å²) in [4.78, 5) is 8.87. The largest absolute Gasteiger partial charge is 0.384 e. The van der Waals surface area contributed by atoms with Gasteiger partial charge in [-0.25, -0.2) is 4.98 Å². The average molecular weight is 295 g/mol. The zero-order valence-corrected chi connectivity index (χ0v) is 13.3. The van der Waals surface area contributed by atoms with Gasteiger partial charge in [-0.3, -0.25) is 0 Å². The number of ether oxygens (including phenoxy) is 1. The van der Waals surface area contributed by atoms with Crippen LogP contribution in [-0.4, -0.2) is 38.3 Å². The number of anilines is 1. The summed E-state index contributed by atoms with van der Waals surface area (Å²) in [6.45, 7) is 6.34. The van der Waals surface area contributed by atoms with Crippen LogP contribution in [0.25, 0.3) is 0 Å². The molecule has 5 heteroatoms. The van der Waals surface area contributed by atoms with E-state index >= 15 is 0 Å². The van der Waals surface area contributed by atoms with Gasteiger partial charge in [-0.1, -0.05) is 18.3 Å². The van der Waals surface area contributed by atoms with Gasteiger partial charge in [-0.05, 0) is 32.2 Å². The van der Waals surface area contributed by atoms with E-state index in [-0.39, 0.29) is 0 Å². The van der Waals surface area contributed by atoms with Crippen LogP contribution < -0.4 is 10.2 Å². The van der Waals surface area contributed by atoms with Gasteiger partial charge in [0.25, 0.3) is 0 Å². The quantitative estimate of drug-likeness (QED) is 0.906. The summed E-state index contributed by atoms with van der Waals surface area (Å²) in [6, 6.07) is 0.535. The molecule has 1 aliphatic heterocycles. The lowest BCUT2D eigenvalue weighted by atomic mass is 9.98. The van der Waals surface area contributed by atoms with Crippen molar-refractivity contribution in [1.29, 1.82) is 0 Å². The number of thiazole rings is 1. The Bertz CT molecular complexity index is 448. The van der Waals surface area contributed by atoms with Crippen molar-refractivity contribution >= 4 is 16.5 Å². The van der Waals surface area contributed by atoms with Gasteiger partial charge in [0.05, 0.1) is 12.3 Å². The predicted molar refractivity (Wildman–Crippen MR) is 83.7 cm³/mol. The Morgan fingerprint density at radius 1 is 1.45 bits per heavy atom. The SMILES string of the molecule is CCNC1CCCc2nc(N3CCC(COC)C3)sc21. The van der Waals surface area contributed by atoms with Gasteiger partial charge in [0.15, 0.2) is 5.13 Å². The molecule has 112 valence electrons. The molecule has 0 bridgehead atoms. The van der Waals surface area contributed by atoms with Gasteiger partial charge in [0, 0.05) is 37.0 Å². The third kappa shape index (κ3) is 2.85. The highest BCUT2D eigenvalue weighted by Crippen LogP contribution is 2.38. The van der Waals surface area contributed by atoms with Crippen molar-refractivity contribution in [3.8, 4) is 0 Å². The first-order valence-electron chi connectivity index (χ1n) is 7.78. The molecule has 1 aromatic rings. The second kappa shape index (κ2) is 6.41. The molecule has 20 heavy (non-hydrogen) atoms. The molecule has 1 saturated heterocycles. The van der Waals surface area contributed by atoms with Crippen LogP contribution in [-0.2, 0) is 11.2 Å². The molecule has 1 N–H and O–H groups in total. The fraction of sp³-hybridized carbons (Fsp3) is 0.800. The van der Waals surface area contributed by atoms with Gasteiger partial charge >= 0.3 is 0 Å². The van der Waals surface area contributed by atoms with Gasteiger partial charge in [-0.2, -0.15) is 0 Å². The van der Waals surface area contributed by atoms with E-state index in [2.05, 4.69) is 17.1 Å². The van der Waals surface area contributed by atoms with E-state index in [0.717, 1.165) is 32.7 Å². The number of nitrogens with zero attached hydrogens (tertiary/aromatic N) is 2. The Labute approximate surface area is 125 Å². The van der Waals surface area contributed by atoms with Crippen molar-refractivity contribution in [3.05, 3.63) is 10.6 Å². The first kappa shape index (κ1) is 14.3. The molecule has 2 aliphatic rings. The van der Waals surface area contributed by atoms with Crippen molar-refractivity contribution in [1.82, 2.24) is 10.3 Å². The third-order valence-electron chi connectivity index (χ3n) is 4.35. The molecule has 2 atom stereocenters. The normalized spacial score (nSPS) is 26.0. The lowest BCUT2D eigenvalue weighted by molar-refractivity contribution is 0.161. The number of fused-ring (bicyclic) bond motifs is 1. The smallest absolute Gasteiger partial charge is 0.185 e. The molecule has 1 fully saturated rings. The molecule has 3 rings (SSSR count). The number of aryl methyl sites for hydroxylation is 1. The van der Waals surface area contributed by atoms with Crippen LogP contribution >= 0.6 is 11.3 Å². The lowest BCUT2D eigenvalue weighted by Crippen LogP contribution is -2.23. The van der Waals surface area contributed by atoms with Crippen LogP contribution in [0.4, 0.5) is 5.13 Å². The van der Waals surface area contributed by atoms with Gasteiger partial charge in [0.2, 0.25) is 0 Å². The average Bonchev–Trinajstić information content (AvgIpc) is 3.06. The minimum absolute atomic E-state index is 0.535. The van der Waals surface area contributed by atoms with Crippen molar-refractivity contribution in [2.75, 3.05) is 38.3 Å². The first-order chi connectivity index (χ1) is 9.81. The number of hydrogen-bond donors (Lipinski definition) is 1. The first-order valence-corrected chi connectivity index (χ1v) is 8.60. The Hall–Kier alpha value is -0.650. The molecule has 2 unspecified atom stereocenters. The third-order valence-corrected chi connectivity index (χ3v) is 5.62. The highest BCUT2D eigenvalue weighted by molar-refractivity contribution is 7.15. The van der Waals surface area contributed by atoms with E-state index in [9.17, 15) is 0 Å². The topological polar surface area (TPSA) is 37.4 Å². The molecule has 2 heterocycles. The predicted octanol–water partition coefficient (Wildman–Crippen LogP) is 2.60. The van der Waals surface area contributed by atoms with Gasteiger partial charge < -0.3 is 15.0 Å². The van der Waals surface area contributed by atoms with E-state index < -0.39 is 0 Å². The Kier molecular flexibility index (Phi) is 4.58. The number of nitrogens with one attached hydrogen (secondary N) is 1. The number of rotatable bonds is 5. The lowest BCUT2D eigenvalue weighted by Gasteiger charge is -2.21. The fourth-order valence-corrected chi connectivity index (χ4v) is 4.62. The summed E-state index contributed by atoms with van der Waals surface area (Å²) in [7, 11) is 1.80. The van der Waals surface area contributed by atoms with Crippen molar-refractivity contribution < 1.29 is 4.74 Å². The summed E-state index contributed by atoms with van der Waals surface area (Å²) in [6.07, 6.45) is 4.91. The van der Waals surface area contributed by atoms with Crippen LogP contribution in [0.3, 0.4) is 0 Å². The van der Waals surface area contributed by atoms with Crippen LogP contribution in [0.1, 0.15) is 42.8 Å². The summed E-state index contributed by atoms with van der Waals surface area (Å²) in [5.41, 5.74) is 1.34. The molecule has 0 spiro atoms. The summed E-state index contributed by atoms with van der Waals surface area (Å²) >= 11 is 1.91. The second-order valence-electron chi connectivity index (χ2n) is 5.87.